The molecule has 4 rings (SSSR count). The SMILES string of the molecule is CC(C)n1cnc2c(NCc3cc(Cl)ccc3O)nc(NC3CCC(O)CC3)nc21. The number of anilines is 2. The summed E-state index contributed by atoms with van der Waals surface area (Å²) in [6.07, 6.45) is 4.88. The van der Waals surface area contributed by atoms with Crippen molar-refractivity contribution in [2.24, 2.45) is 0 Å². The first-order valence-electron chi connectivity index (χ1n) is 10.3. The molecule has 160 valence electrons. The zero-order valence-corrected chi connectivity index (χ0v) is 17.9. The van der Waals surface area contributed by atoms with E-state index in [4.69, 9.17) is 16.6 Å². The van der Waals surface area contributed by atoms with Gasteiger partial charge in [0.25, 0.3) is 0 Å². The largest absolute Gasteiger partial charge is 0.508 e. The number of aromatic hydroxyl groups is 1. The quantitative estimate of drug-likeness (QED) is 0.466. The molecule has 3 aromatic rings. The number of phenols is 1. The molecule has 2 heterocycles. The molecule has 1 aromatic carbocycles. The van der Waals surface area contributed by atoms with Crippen molar-refractivity contribution in [1.29, 1.82) is 0 Å². The highest BCUT2D eigenvalue weighted by Gasteiger charge is 2.21. The molecule has 9 heteroatoms. The molecule has 1 aliphatic rings. The van der Waals surface area contributed by atoms with Crippen LogP contribution in [0.2, 0.25) is 5.02 Å². The Labute approximate surface area is 180 Å². The van der Waals surface area contributed by atoms with Crippen molar-refractivity contribution in [2.45, 2.75) is 64.3 Å². The molecule has 30 heavy (non-hydrogen) atoms. The van der Waals surface area contributed by atoms with Gasteiger partial charge in [-0.2, -0.15) is 9.97 Å². The highest BCUT2D eigenvalue weighted by Crippen LogP contribution is 2.28. The minimum Gasteiger partial charge on any atom is -0.508 e. The van der Waals surface area contributed by atoms with Gasteiger partial charge >= 0.3 is 0 Å². The Morgan fingerprint density at radius 2 is 1.97 bits per heavy atom. The fraction of sp³-hybridized carbons (Fsp3) is 0.476. The van der Waals surface area contributed by atoms with Crippen LogP contribution in [-0.4, -0.2) is 41.9 Å². The molecular formula is C21H27ClN6O2. The third-order valence-electron chi connectivity index (χ3n) is 5.50. The Morgan fingerprint density at radius 1 is 1.20 bits per heavy atom. The van der Waals surface area contributed by atoms with E-state index in [1.54, 1.807) is 24.5 Å². The van der Waals surface area contributed by atoms with Crippen molar-refractivity contribution in [2.75, 3.05) is 10.6 Å². The van der Waals surface area contributed by atoms with E-state index < -0.39 is 0 Å². The van der Waals surface area contributed by atoms with E-state index in [9.17, 15) is 10.2 Å². The molecule has 0 radical (unpaired) electrons. The topological polar surface area (TPSA) is 108 Å². The number of aliphatic hydroxyl groups is 1. The van der Waals surface area contributed by atoms with Gasteiger partial charge in [-0.1, -0.05) is 11.6 Å². The number of aliphatic hydroxyl groups excluding tert-OH is 1. The maximum absolute atomic E-state index is 10.1. The van der Waals surface area contributed by atoms with Gasteiger partial charge in [0.2, 0.25) is 5.95 Å². The minimum absolute atomic E-state index is 0.170. The van der Waals surface area contributed by atoms with Crippen LogP contribution in [0.15, 0.2) is 24.5 Å². The van der Waals surface area contributed by atoms with Crippen molar-refractivity contribution in [3.8, 4) is 5.75 Å². The van der Waals surface area contributed by atoms with E-state index in [1.807, 2.05) is 4.57 Å². The fourth-order valence-corrected chi connectivity index (χ4v) is 3.95. The molecule has 1 saturated carbocycles. The van der Waals surface area contributed by atoms with Crippen LogP contribution in [-0.2, 0) is 6.54 Å². The highest BCUT2D eigenvalue weighted by molar-refractivity contribution is 6.30. The van der Waals surface area contributed by atoms with Crippen molar-refractivity contribution < 1.29 is 10.2 Å². The molecule has 0 atom stereocenters. The molecular weight excluding hydrogens is 404 g/mol. The maximum atomic E-state index is 10.1. The lowest BCUT2D eigenvalue weighted by molar-refractivity contribution is 0.126. The smallest absolute Gasteiger partial charge is 0.227 e. The Balaban J connectivity index is 1.64. The van der Waals surface area contributed by atoms with Gasteiger partial charge in [-0.25, -0.2) is 4.98 Å². The third kappa shape index (κ3) is 4.44. The number of hydrogen-bond acceptors (Lipinski definition) is 7. The van der Waals surface area contributed by atoms with Crippen molar-refractivity contribution in [3.63, 3.8) is 0 Å². The lowest BCUT2D eigenvalue weighted by Gasteiger charge is -2.26. The lowest BCUT2D eigenvalue weighted by atomic mass is 9.93. The number of aromatic nitrogens is 4. The van der Waals surface area contributed by atoms with E-state index in [1.165, 1.54) is 0 Å². The molecule has 0 unspecified atom stereocenters. The minimum atomic E-state index is -0.212. The van der Waals surface area contributed by atoms with E-state index >= 15 is 0 Å². The van der Waals surface area contributed by atoms with Gasteiger partial charge in [-0.05, 0) is 57.7 Å². The number of hydrogen-bond donors (Lipinski definition) is 4. The molecule has 2 aromatic heterocycles. The molecule has 0 aliphatic heterocycles. The molecule has 0 bridgehead atoms. The predicted molar refractivity (Wildman–Crippen MR) is 118 cm³/mol. The van der Waals surface area contributed by atoms with Gasteiger partial charge in [0, 0.05) is 29.2 Å². The van der Waals surface area contributed by atoms with Crippen molar-refractivity contribution in [1.82, 2.24) is 19.5 Å². The first-order valence-corrected chi connectivity index (χ1v) is 10.7. The summed E-state index contributed by atoms with van der Waals surface area (Å²) in [5.41, 5.74) is 2.10. The number of nitrogens with one attached hydrogen (secondary N) is 2. The lowest BCUT2D eigenvalue weighted by Crippen LogP contribution is -2.29. The monoisotopic (exact) mass is 430 g/mol. The van der Waals surface area contributed by atoms with Gasteiger partial charge in [-0.15, -0.1) is 0 Å². The molecule has 0 spiro atoms. The van der Waals surface area contributed by atoms with Crippen LogP contribution in [0.1, 0.15) is 51.1 Å². The molecule has 8 nitrogen and oxygen atoms in total. The van der Waals surface area contributed by atoms with Crippen LogP contribution in [0.3, 0.4) is 0 Å². The summed E-state index contributed by atoms with van der Waals surface area (Å²) in [5.74, 6) is 1.30. The zero-order chi connectivity index (χ0) is 21.3. The van der Waals surface area contributed by atoms with Crippen LogP contribution in [0, 0.1) is 0 Å². The van der Waals surface area contributed by atoms with Crippen LogP contribution in [0.4, 0.5) is 11.8 Å². The Morgan fingerprint density at radius 3 is 2.70 bits per heavy atom. The highest BCUT2D eigenvalue weighted by atomic mass is 35.5. The molecule has 0 saturated heterocycles. The van der Waals surface area contributed by atoms with Crippen molar-refractivity contribution in [3.05, 3.63) is 35.1 Å². The maximum Gasteiger partial charge on any atom is 0.227 e. The summed E-state index contributed by atoms with van der Waals surface area (Å²) >= 11 is 6.07. The standard InChI is InChI=1S/C21H27ClN6O2/c1-12(2)28-11-24-18-19(23-10-13-9-14(22)3-8-17(13)30)26-21(27-20(18)28)25-15-4-6-16(29)7-5-15/h3,8-9,11-12,15-16,29-30H,4-7,10H2,1-2H3,(H2,23,25,26,27). The normalized spacial score (nSPS) is 19.4. The second-order valence-electron chi connectivity index (χ2n) is 8.09. The predicted octanol–water partition coefficient (Wildman–Crippen LogP) is 4.09. The van der Waals surface area contributed by atoms with E-state index in [2.05, 4.69) is 34.4 Å². The number of fused-ring (bicyclic) bond motifs is 1. The number of phenolic OH excluding ortho intramolecular Hbond substituents is 1. The Kier molecular flexibility index (Phi) is 5.97. The summed E-state index contributed by atoms with van der Waals surface area (Å²) in [6, 6.07) is 5.38. The zero-order valence-electron chi connectivity index (χ0n) is 17.1. The van der Waals surface area contributed by atoms with Gasteiger partial charge in [0.1, 0.15) is 5.75 Å². The Hall–Kier alpha value is -2.58. The molecule has 1 aliphatic carbocycles. The van der Waals surface area contributed by atoms with E-state index in [0.717, 1.165) is 31.3 Å². The van der Waals surface area contributed by atoms with Crippen LogP contribution >= 0.6 is 11.6 Å². The second kappa shape index (κ2) is 8.65. The van der Waals surface area contributed by atoms with Crippen molar-refractivity contribution >= 4 is 34.5 Å². The van der Waals surface area contributed by atoms with Crippen LogP contribution in [0.5, 0.6) is 5.75 Å². The summed E-state index contributed by atoms with van der Waals surface area (Å²) < 4.78 is 2.01. The van der Waals surface area contributed by atoms with Gasteiger partial charge in [0.15, 0.2) is 17.0 Å². The number of nitrogens with zero attached hydrogens (tertiary/aromatic N) is 4. The summed E-state index contributed by atoms with van der Waals surface area (Å²) in [4.78, 5) is 13.9. The third-order valence-corrected chi connectivity index (χ3v) is 5.73. The first kappa shape index (κ1) is 20.7. The van der Waals surface area contributed by atoms with E-state index in [0.29, 0.717) is 34.4 Å². The fourth-order valence-electron chi connectivity index (χ4n) is 3.76. The second-order valence-corrected chi connectivity index (χ2v) is 8.53. The van der Waals surface area contributed by atoms with E-state index in [-0.39, 0.29) is 23.9 Å². The average molecular weight is 431 g/mol. The van der Waals surface area contributed by atoms with Crippen LogP contribution < -0.4 is 10.6 Å². The van der Waals surface area contributed by atoms with Gasteiger partial charge in [0.05, 0.1) is 12.4 Å². The molecule has 0 amide bonds. The summed E-state index contributed by atoms with van der Waals surface area (Å²) in [7, 11) is 0. The molecule has 1 fully saturated rings. The summed E-state index contributed by atoms with van der Waals surface area (Å²) in [5, 5.41) is 27.1. The first-order chi connectivity index (χ1) is 14.4. The Bertz CT molecular complexity index is 1030. The van der Waals surface area contributed by atoms with Gasteiger partial charge < -0.3 is 25.4 Å². The number of benzene rings is 1. The number of rotatable bonds is 6. The molecule has 4 N–H and O–H groups in total. The average Bonchev–Trinajstić information content (AvgIpc) is 3.14. The number of imidazole rings is 1. The van der Waals surface area contributed by atoms with Gasteiger partial charge in [-0.3, -0.25) is 0 Å². The number of halogens is 1. The van der Waals surface area contributed by atoms with Crippen LogP contribution in [0.25, 0.3) is 11.2 Å². The summed E-state index contributed by atoms with van der Waals surface area (Å²) in [6.45, 7) is 4.51.